The zero-order valence-corrected chi connectivity index (χ0v) is 18.0. The third kappa shape index (κ3) is 4.37. The molecular weight excluding hydrogens is 392 g/mol. The van der Waals surface area contributed by atoms with Crippen molar-refractivity contribution in [1.82, 2.24) is 15.2 Å². The van der Waals surface area contributed by atoms with Crippen molar-refractivity contribution in [3.05, 3.63) is 59.2 Å². The third-order valence-electron chi connectivity index (χ3n) is 6.18. The largest absolute Gasteiger partial charge is 0.508 e. The summed E-state index contributed by atoms with van der Waals surface area (Å²) < 4.78 is 0. The molecule has 31 heavy (non-hydrogen) atoms. The van der Waals surface area contributed by atoms with Crippen molar-refractivity contribution in [3.63, 3.8) is 0 Å². The van der Waals surface area contributed by atoms with Gasteiger partial charge in [0, 0.05) is 31.7 Å². The smallest absolute Gasteiger partial charge is 0.173 e. The minimum Gasteiger partial charge on any atom is -0.508 e. The van der Waals surface area contributed by atoms with Crippen molar-refractivity contribution < 1.29 is 15.0 Å². The van der Waals surface area contributed by atoms with Crippen LogP contribution in [-0.2, 0) is 11.3 Å². The molecule has 7 heteroatoms. The molecule has 2 aromatic rings. The molecule has 2 heterocycles. The van der Waals surface area contributed by atoms with Crippen LogP contribution in [-0.4, -0.2) is 57.4 Å². The lowest BCUT2D eigenvalue weighted by Gasteiger charge is -2.39. The van der Waals surface area contributed by atoms with Crippen LogP contribution >= 0.6 is 0 Å². The number of phenolic OH excluding ortho intramolecular Hbond substituents is 2. The van der Waals surface area contributed by atoms with E-state index in [2.05, 4.69) is 39.7 Å². The summed E-state index contributed by atoms with van der Waals surface area (Å²) in [5.41, 5.74) is 5.47. The molecular formula is C24H30N4O3. The number of nitrogens with one attached hydrogen (secondary N) is 1. The number of likely N-dealkylation sites (tertiary alicyclic amines) is 1. The summed E-state index contributed by atoms with van der Waals surface area (Å²) in [4.78, 5) is 16.2. The number of aromatic hydroxyl groups is 2. The lowest BCUT2D eigenvalue weighted by Crippen LogP contribution is -2.52. The van der Waals surface area contributed by atoms with Gasteiger partial charge in [-0.05, 0) is 36.0 Å². The van der Waals surface area contributed by atoms with E-state index in [0.29, 0.717) is 11.4 Å². The highest BCUT2D eigenvalue weighted by atomic mass is 16.3. The average Bonchev–Trinajstić information content (AvgIpc) is 3.18. The van der Waals surface area contributed by atoms with Crippen molar-refractivity contribution in [3.8, 4) is 11.5 Å². The zero-order chi connectivity index (χ0) is 22.0. The second-order valence-electron chi connectivity index (χ2n) is 8.63. The maximum absolute atomic E-state index is 11.8. The lowest BCUT2D eigenvalue weighted by atomic mass is 9.96. The van der Waals surface area contributed by atoms with Gasteiger partial charge in [0.2, 0.25) is 0 Å². The van der Waals surface area contributed by atoms with Gasteiger partial charge in [0.05, 0.1) is 5.56 Å². The molecule has 7 nitrogen and oxygen atoms in total. The summed E-state index contributed by atoms with van der Waals surface area (Å²) in [5, 5.41) is 25.1. The number of amidine groups is 1. The van der Waals surface area contributed by atoms with Crippen LogP contribution in [0.3, 0.4) is 0 Å². The van der Waals surface area contributed by atoms with Gasteiger partial charge >= 0.3 is 0 Å². The predicted octanol–water partition coefficient (Wildman–Crippen LogP) is 2.98. The van der Waals surface area contributed by atoms with Gasteiger partial charge in [-0.3, -0.25) is 15.1 Å². The van der Waals surface area contributed by atoms with Crippen molar-refractivity contribution in [2.75, 3.05) is 13.1 Å². The molecule has 0 aliphatic carbocycles. The minimum absolute atomic E-state index is 0.0412. The maximum Gasteiger partial charge on any atom is 0.173 e. The fraction of sp³-hybridized carbons (Fsp3) is 0.417. The van der Waals surface area contributed by atoms with E-state index in [1.165, 1.54) is 11.6 Å². The SMILES string of the molecule is CC(C)c1cc(C2=NNC(C=O)N2C2CCN(Cc3ccccc3)CC2)c(O)cc1O. The lowest BCUT2D eigenvalue weighted by molar-refractivity contribution is -0.112. The van der Waals surface area contributed by atoms with Crippen LogP contribution in [0.25, 0.3) is 0 Å². The number of carbonyl (C=O) groups is 1. The second-order valence-corrected chi connectivity index (χ2v) is 8.63. The van der Waals surface area contributed by atoms with Crippen LogP contribution in [0.2, 0.25) is 0 Å². The van der Waals surface area contributed by atoms with E-state index in [1.807, 2.05) is 24.8 Å². The van der Waals surface area contributed by atoms with Crippen molar-refractivity contribution in [2.24, 2.45) is 5.10 Å². The summed E-state index contributed by atoms with van der Waals surface area (Å²) in [5.74, 6) is 0.667. The van der Waals surface area contributed by atoms with Crippen LogP contribution in [0, 0.1) is 0 Å². The van der Waals surface area contributed by atoms with E-state index in [1.54, 1.807) is 6.07 Å². The number of nitrogens with zero attached hydrogens (tertiary/aromatic N) is 3. The first-order valence-corrected chi connectivity index (χ1v) is 10.9. The summed E-state index contributed by atoms with van der Waals surface area (Å²) in [7, 11) is 0. The molecule has 1 atom stereocenters. The number of phenols is 2. The van der Waals surface area contributed by atoms with Crippen molar-refractivity contribution in [2.45, 2.75) is 51.4 Å². The number of aldehydes is 1. The van der Waals surface area contributed by atoms with Gasteiger partial charge in [0.25, 0.3) is 0 Å². The van der Waals surface area contributed by atoms with Gasteiger partial charge in [-0.1, -0.05) is 44.2 Å². The summed E-state index contributed by atoms with van der Waals surface area (Å²) >= 11 is 0. The van der Waals surface area contributed by atoms with Gasteiger partial charge in [0.1, 0.15) is 11.5 Å². The predicted molar refractivity (Wildman–Crippen MR) is 120 cm³/mol. The topological polar surface area (TPSA) is 88.4 Å². The highest BCUT2D eigenvalue weighted by molar-refractivity contribution is 6.03. The molecule has 1 unspecified atom stereocenters. The van der Waals surface area contributed by atoms with Crippen molar-refractivity contribution in [1.29, 1.82) is 0 Å². The van der Waals surface area contributed by atoms with E-state index in [0.717, 1.165) is 44.3 Å². The van der Waals surface area contributed by atoms with Crippen LogP contribution in [0.4, 0.5) is 0 Å². The van der Waals surface area contributed by atoms with Crippen LogP contribution in [0.15, 0.2) is 47.6 Å². The first-order valence-electron chi connectivity index (χ1n) is 10.9. The van der Waals surface area contributed by atoms with Gasteiger partial charge in [-0.25, -0.2) is 0 Å². The highest BCUT2D eigenvalue weighted by Crippen LogP contribution is 2.35. The molecule has 0 bridgehead atoms. The van der Waals surface area contributed by atoms with Gasteiger partial charge in [-0.2, -0.15) is 5.10 Å². The maximum atomic E-state index is 11.8. The Morgan fingerprint density at radius 1 is 1.13 bits per heavy atom. The molecule has 2 aliphatic heterocycles. The zero-order valence-electron chi connectivity index (χ0n) is 18.0. The molecule has 0 amide bonds. The molecule has 2 aromatic carbocycles. The molecule has 0 aromatic heterocycles. The number of hydrazone groups is 1. The Morgan fingerprint density at radius 2 is 1.84 bits per heavy atom. The number of hydrogen-bond acceptors (Lipinski definition) is 7. The van der Waals surface area contributed by atoms with E-state index in [4.69, 9.17) is 0 Å². The quantitative estimate of drug-likeness (QED) is 0.621. The normalized spacial score (nSPS) is 20.0. The fourth-order valence-corrected chi connectivity index (χ4v) is 4.51. The molecule has 2 aliphatic rings. The van der Waals surface area contributed by atoms with Gasteiger partial charge < -0.3 is 15.1 Å². The highest BCUT2D eigenvalue weighted by Gasteiger charge is 2.37. The number of piperidine rings is 1. The molecule has 164 valence electrons. The van der Waals surface area contributed by atoms with Gasteiger partial charge in [-0.15, -0.1) is 0 Å². The Morgan fingerprint density at radius 3 is 2.48 bits per heavy atom. The molecule has 0 radical (unpaired) electrons. The Bertz CT molecular complexity index is 953. The Balaban J connectivity index is 1.53. The molecule has 0 saturated carbocycles. The second kappa shape index (κ2) is 8.98. The molecule has 4 rings (SSSR count). The Labute approximate surface area is 183 Å². The van der Waals surface area contributed by atoms with E-state index >= 15 is 0 Å². The Hall–Kier alpha value is -3.06. The minimum atomic E-state index is -0.559. The van der Waals surface area contributed by atoms with Crippen molar-refractivity contribution >= 4 is 12.1 Å². The first kappa shape index (κ1) is 21.2. The van der Waals surface area contributed by atoms with E-state index < -0.39 is 6.17 Å². The average molecular weight is 423 g/mol. The summed E-state index contributed by atoms with van der Waals surface area (Å²) in [6.45, 7) is 6.74. The van der Waals surface area contributed by atoms with Gasteiger partial charge in [0.15, 0.2) is 18.3 Å². The molecule has 1 fully saturated rings. The standard InChI is InChI=1S/C24H30N4O3/c1-16(2)19-12-20(22(31)13-21(19)30)24-26-25-23(15-29)28(24)18-8-10-27(11-9-18)14-17-6-4-3-5-7-17/h3-7,12-13,15-16,18,23,25,30-31H,8-11,14H2,1-2H3. The molecule has 1 saturated heterocycles. The van der Waals surface area contributed by atoms with Crippen LogP contribution in [0.5, 0.6) is 11.5 Å². The number of carbonyl (C=O) groups excluding carboxylic acids is 1. The van der Waals surface area contributed by atoms with E-state index in [-0.39, 0.29) is 23.5 Å². The number of rotatable bonds is 6. The van der Waals surface area contributed by atoms with Crippen LogP contribution < -0.4 is 5.43 Å². The third-order valence-corrected chi connectivity index (χ3v) is 6.18. The Kier molecular flexibility index (Phi) is 6.13. The first-order chi connectivity index (χ1) is 15.0. The fourth-order valence-electron chi connectivity index (χ4n) is 4.51. The molecule has 0 spiro atoms. The van der Waals surface area contributed by atoms with E-state index in [9.17, 15) is 15.0 Å². The monoisotopic (exact) mass is 422 g/mol. The summed E-state index contributed by atoms with van der Waals surface area (Å²) in [6, 6.07) is 13.7. The molecule has 3 N–H and O–H groups in total. The van der Waals surface area contributed by atoms with Crippen LogP contribution in [0.1, 0.15) is 49.3 Å². The number of hydrogen-bond donors (Lipinski definition) is 3. The number of benzene rings is 2. The summed E-state index contributed by atoms with van der Waals surface area (Å²) in [6.07, 6.45) is 2.09.